The van der Waals surface area contributed by atoms with Crippen LogP contribution in [-0.4, -0.2) is 65.3 Å². The third-order valence-corrected chi connectivity index (χ3v) is 3.69. The van der Waals surface area contributed by atoms with Crippen LogP contribution in [-0.2, 0) is 0 Å². The van der Waals surface area contributed by atoms with E-state index >= 15 is 0 Å². The van der Waals surface area contributed by atoms with Crippen LogP contribution >= 0.6 is 0 Å². The molecule has 2 rings (SSSR count). The van der Waals surface area contributed by atoms with E-state index < -0.39 is 11.9 Å². The fourth-order valence-corrected chi connectivity index (χ4v) is 2.14. The quantitative estimate of drug-likeness (QED) is 0.864. The van der Waals surface area contributed by atoms with Gasteiger partial charge < -0.3 is 10.2 Å². The second kappa shape index (κ2) is 7.75. The Bertz CT molecular complexity index is 461. The summed E-state index contributed by atoms with van der Waals surface area (Å²) in [5.74, 6) is -2.46. The number of hydrogen-bond donors (Lipinski definition) is 2. The van der Waals surface area contributed by atoms with E-state index in [4.69, 9.17) is 10.2 Å². The number of carboxylic acid groups (broad SMARTS) is 2. The smallest absolute Gasteiger partial charge is 0.336 e. The van der Waals surface area contributed by atoms with Crippen molar-refractivity contribution in [2.45, 2.75) is 19.5 Å². The lowest BCUT2D eigenvalue weighted by molar-refractivity contribution is 0.0561. The average molecular weight is 294 g/mol. The van der Waals surface area contributed by atoms with E-state index in [1.165, 1.54) is 43.8 Å². The summed E-state index contributed by atoms with van der Waals surface area (Å²) in [6, 6.07) is 5.48. The van der Waals surface area contributed by atoms with Gasteiger partial charge in [-0.1, -0.05) is 12.1 Å². The molecular weight excluding hydrogens is 272 g/mol. The highest BCUT2D eigenvalue weighted by Crippen LogP contribution is 2.08. The summed E-state index contributed by atoms with van der Waals surface area (Å²) in [5, 5.41) is 17.1. The first-order valence-corrected chi connectivity index (χ1v) is 6.80. The molecule has 1 aliphatic rings. The zero-order valence-electron chi connectivity index (χ0n) is 12.6. The van der Waals surface area contributed by atoms with Crippen molar-refractivity contribution in [1.29, 1.82) is 0 Å². The molecule has 21 heavy (non-hydrogen) atoms. The maximum Gasteiger partial charge on any atom is 0.336 e. The highest BCUT2D eigenvalue weighted by atomic mass is 16.4. The highest BCUT2D eigenvalue weighted by molar-refractivity contribution is 6.01. The molecule has 0 amide bonds. The molecular formula is C15H22N2O4. The Hall–Kier alpha value is -1.92. The van der Waals surface area contributed by atoms with Crippen molar-refractivity contribution < 1.29 is 19.8 Å². The number of hydrogen-bond acceptors (Lipinski definition) is 4. The zero-order chi connectivity index (χ0) is 16.0. The second-order valence-electron chi connectivity index (χ2n) is 5.10. The monoisotopic (exact) mass is 294 g/mol. The van der Waals surface area contributed by atoms with Crippen LogP contribution < -0.4 is 0 Å². The average Bonchev–Trinajstić information content (AvgIpc) is 2.45. The van der Waals surface area contributed by atoms with Crippen molar-refractivity contribution >= 4 is 11.9 Å². The first-order chi connectivity index (χ1) is 9.84. The van der Waals surface area contributed by atoms with Gasteiger partial charge in [-0.25, -0.2) is 9.59 Å². The van der Waals surface area contributed by atoms with E-state index in [1.807, 2.05) is 0 Å². The molecule has 0 atom stereocenters. The SMILES string of the molecule is CC1N(C)CCCN1C.O=C(O)c1ccccc1C(=O)O. The summed E-state index contributed by atoms with van der Waals surface area (Å²) in [5.41, 5.74) is -0.380. The lowest BCUT2D eigenvalue weighted by Gasteiger charge is -2.37. The van der Waals surface area contributed by atoms with Crippen molar-refractivity contribution in [3.63, 3.8) is 0 Å². The maximum absolute atomic E-state index is 10.5. The molecule has 0 saturated carbocycles. The highest BCUT2D eigenvalue weighted by Gasteiger charge is 2.18. The van der Waals surface area contributed by atoms with Gasteiger partial charge in [0.1, 0.15) is 0 Å². The summed E-state index contributed by atoms with van der Waals surface area (Å²) < 4.78 is 0. The van der Waals surface area contributed by atoms with Gasteiger partial charge in [-0.15, -0.1) is 0 Å². The third kappa shape index (κ3) is 4.84. The van der Waals surface area contributed by atoms with Crippen LogP contribution in [0.15, 0.2) is 24.3 Å². The molecule has 0 radical (unpaired) electrons. The minimum atomic E-state index is -1.23. The van der Waals surface area contributed by atoms with Gasteiger partial charge in [-0.2, -0.15) is 0 Å². The van der Waals surface area contributed by atoms with Crippen LogP contribution in [0, 0.1) is 0 Å². The molecule has 1 saturated heterocycles. The minimum absolute atomic E-state index is 0.190. The Morgan fingerprint density at radius 3 is 1.67 bits per heavy atom. The molecule has 0 spiro atoms. The van der Waals surface area contributed by atoms with Crippen LogP contribution in [0.4, 0.5) is 0 Å². The van der Waals surface area contributed by atoms with Crippen molar-refractivity contribution in [2.75, 3.05) is 27.2 Å². The number of rotatable bonds is 2. The van der Waals surface area contributed by atoms with Crippen molar-refractivity contribution in [1.82, 2.24) is 9.80 Å². The number of aromatic carboxylic acids is 2. The lowest BCUT2D eigenvalue weighted by Crippen LogP contribution is -2.48. The number of carboxylic acids is 2. The fourth-order valence-electron chi connectivity index (χ4n) is 2.14. The van der Waals surface area contributed by atoms with Crippen LogP contribution in [0.3, 0.4) is 0 Å². The van der Waals surface area contributed by atoms with Gasteiger partial charge in [0, 0.05) is 13.1 Å². The van der Waals surface area contributed by atoms with Gasteiger partial charge in [0.25, 0.3) is 0 Å². The molecule has 0 aliphatic carbocycles. The Morgan fingerprint density at radius 2 is 1.38 bits per heavy atom. The van der Waals surface area contributed by atoms with E-state index in [2.05, 4.69) is 30.8 Å². The van der Waals surface area contributed by atoms with Crippen molar-refractivity contribution in [3.8, 4) is 0 Å². The molecule has 1 aromatic rings. The largest absolute Gasteiger partial charge is 0.478 e. The van der Waals surface area contributed by atoms with Gasteiger partial charge >= 0.3 is 11.9 Å². The predicted octanol–water partition coefficient (Wildman–Crippen LogP) is 1.68. The summed E-state index contributed by atoms with van der Waals surface area (Å²) in [7, 11) is 4.36. The Labute approximate surface area is 124 Å². The Kier molecular flexibility index (Phi) is 6.33. The fraction of sp³-hybridized carbons (Fsp3) is 0.467. The molecule has 1 aromatic carbocycles. The predicted molar refractivity (Wildman–Crippen MR) is 79.7 cm³/mol. The molecule has 0 bridgehead atoms. The number of benzene rings is 1. The standard InChI is InChI=1S/C8H6O4.C7H16N2/c9-7(10)5-3-1-2-4-6(5)8(11)12;1-7-8(2)5-4-6-9(7)3/h1-4H,(H,9,10)(H,11,12);7H,4-6H2,1-3H3. The molecule has 1 heterocycles. The maximum atomic E-state index is 10.5. The molecule has 1 aliphatic heterocycles. The van der Waals surface area contributed by atoms with Gasteiger partial charge in [-0.05, 0) is 39.6 Å². The lowest BCUT2D eigenvalue weighted by atomic mass is 10.1. The molecule has 0 unspecified atom stereocenters. The molecule has 0 aromatic heterocycles. The van der Waals surface area contributed by atoms with E-state index in [0.717, 1.165) is 0 Å². The Morgan fingerprint density at radius 1 is 1.00 bits per heavy atom. The first-order valence-electron chi connectivity index (χ1n) is 6.80. The molecule has 1 fully saturated rings. The van der Waals surface area contributed by atoms with Crippen LogP contribution in [0.25, 0.3) is 0 Å². The van der Waals surface area contributed by atoms with E-state index in [1.54, 1.807) is 0 Å². The van der Waals surface area contributed by atoms with Gasteiger partial charge in [-0.3, -0.25) is 9.80 Å². The summed E-state index contributed by atoms with van der Waals surface area (Å²) >= 11 is 0. The van der Waals surface area contributed by atoms with Gasteiger partial charge in [0.05, 0.1) is 17.3 Å². The number of nitrogens with zero attached hydrogens (tertiary/aromatic N) is 2. The molecule has 6 heteroatoms. The molecule has 116 valence electrons. The van der Waals surface area contributed by atoms with Crippen molar-refractivity contribution in [2.24, 2.45) is 0 Å². The number of carbonyl (C=O) groups is 2. The third-order valence-electron chi connectivity index (χ3n) is 3.69. The van der Waals surface area contributed by atoms with Crippen molar-refractivity contribution in [3.05, 3.63) is 35.4 Å². The van der Waals surface area contributed by atoms with Gasteiger partial charge in [0.15, 0.2) is 0 Å². The molecule has 2 N–H and O–H groups in total. The summed E-state index contributed by atoms with van der Waals surface area (Å²) in [4.78, 5) is 25.7. The van der Waals surface area contributed by atoms with Crippen LogP contribution in [0.2, 0.25) is 0 Å². The van der Waals surface area contributed by atoms with Crippen LogP contribution in [0.5, 0.6) is 0 Å². The summed E-state index contributed by atoms with van der Waals surface area (Å²) in [6.07, 6.45) is 1.95. The summed E-state index contributed by atoms with van der Waals surface area (Å²) in [6.45, 7) is 4.76. The van der Waals surface area contributed by atoms with Gasteiger partial charge in [0.2, 0.25) is 0 Å². The zero-order valence-corrected chi connectivity index (χ0v) is 12.6. The van der Waals surface area contributed by atoms with E-state index in [9.17, 15) is 9.59 Å². The molecule has 6 nitrogen and oxygen atoms in total. The first kappa shape index (κ1) is 17.1. The Balaban J connectivity index is 0.000000219. The second-order valence-corrected chi connectivity index (χ2v) is 5.10. The minimum Gasteiger partial charge on any atom is -0.478 e. The van der Waals surface area contributed by atoms with Crippen LogP contribution in [0.1, 0.15) is 34.1 Å². The topological polar surface area (TPSA) is 81.1 Å². The van der Waals surface area contributed by atoms with E-state index in [0.29, 0.717) is 6.17 Å². The normalized spacial score (nSPS) is 16.9. The van der Waals surface area contributed by atoms with E-state index in [-0.39, 0.29) is 11.1 Å².